The van der Waals surface area contributed by atoms with Gasteiger partial charge in [-0.1, -0.05) is 115 Å². The highest BCUT2D eigenvalue weighted by molar-refractivity contribution is 4.56. The highest BCUT2D eigenvalue weighted by Crippen LogP contribution is 2.16. The Morgan fingerprint density at radius 3 is 1.00 bits per heavy atom. The van der Waals surface area contributed by atoms with Crippen molar-refractivity contribution in [1.82, 2.24) is 10.6 Å². The fraction of sp³-hybridized carbons (Fsp3) is 1.00. The maximum absolute atomic E-state index is 5.23. The molecule has 34 heavy (non-hydrogen) atoms. The summed E-state index contributed by atoms with van der Waals surface area (Å²) in [7, 11) is 0. The molecule has 2 heterocycles. The molecule has 0 aromatic rings. The van der Waals surface area contributed by atoms with Crippen molar-refractivity contribution in [2.45, 2.75) is 147 Å². The van der Waals surface area contributed by atoms with Crippen molar-refractivity contribution in [3.05, 3.63) is 0 Å². The van der Waals surface area contributed by atoms with E-state index < -0.39 is 0 Å². The molecular formula is C31H73N3. The molecule has 0 aliphatic carbocycles. The van der Waals surface area contributed by atoms with Crippen LogP contribution in [-0.4, -0.2) is 32.7 Å². The molecule has 2 rings (SSSR count). The molecule has 2 aliphatic heterocycles. The lowest BCUT2D eigenvalue weighted by Crippen LogP contribution is -2.21. The van der Waals surface area contributed by atoms with E-state index in [9.17, 15) is 0 Å². The third-order valence-corrected chi connectivity index (χ3v) is 5.65. The summed E-state index contributed by atoms with van der Waals surface area (Å²) in [6.07, 6.45) is 13.4. The minimum atomic E-state index is 0.542. The van der Waals surface area contributed by atoms with E-state index in [4.69, 9.17) is 5.73 Å². The summed E-state index contributed by atoms with van der Waals surface area (Å²) in [5, 5.41) is 6.51. The number of rotatable bonds is 5. The number of nitrogens with two attached hydrogens (primary N) is 1. The average molecular weight is 488 g/mol. The molecule has 4 N–H and O–H groups in total. The monoisotopic (exact) mass is 488 g/mol. The van der Waals surface area contributed by atoms with Gasteiger partial charge in [0.15, 0.2) is 0 Å². The normalized spacial score (nSPS) is 14.8. The van der Waals surface area contributed by atoms with Gasteiger partial charge < -0.3 is 16.4 Å². The molecule has 0 aromatic carbocycles. The SMILES string of the molecule is C1CCNC1.C1CCNCC1.CC(C)CCN.CCC(C)(C)C.CCC(C)C.CCCC(C)C. The van der Waals surface area contributed by atoms with Crippen LogP contribution in [0.1, 0.15) is 147 Å². The van der Waals surface area contributed by atoms with Crippen LogP contribution < -0.4 is 16.4 Å². The van der Waals surface area contributed by atoms with E-state index in [-0.39, 0.29) is 0 Å². The Balaban J connectivity index is -0.000000159. The number of hydrogen-bond acceptors (Lipinski definition) is 3. The second kappa shape index (κ2) is 32.9. The summed E-state index contributed by atoms with van der Waals surface area (Å²) in [5.74, 6) is 2.56. The minimum absolute atomic E-state index is 0.542. The van der Waals surface area contributed by atoms with Crippen molar-refractivity contribution < 1.29 is 0 Å². The van der Waals surface area contributed by atoms with Gasteiger partial charge in [0.2, 0.25) is 0 Å². The van der Waals surface area contributed by atoms with Crippen LogP contribution in [0, 0.1) is 23.2 Å². The molecule has 0 saturated carbocycles. The van der Waals surface area contributed by atoms with E-state index in [0.717, 1.165) is 30.7 Å². The van der Waals surface area contributed by atoms with E-state index in [0.29, 0.717) is 5.41 Å². The van der Waals surface area contributed by atoms with Gasteiger partial charge >= 0.3 is 0 Å². The van der Waals surface area contributed by atoms with Crippen LogP contribution in [0.5, 0.6) is 0 Å². The summed E-state index contributed by atoms with van der Waals surface area (Å²) in [5.41, 5.74) is 5.77. The van der Waals surface area contributed by atoms with Gasteiger partial charge in [0.1, 0.15) is 0 Å². The zero-order valence-electron chi connectivity index (χ0n) is 26.4. The molecule has 0 radical (unpaired) electrons. The molecule has 0 unspecified atom stereocenters. The summed E-state index contributed by atoms with van der Waals surface area (Å²) in [6.45, 7) is 32.5. The van der Waals surface area contributed by atoms with Crippen LogP contribution in [-0.2, 0) is 0 Å². The Morgan fingerprint density at radius 2 is 0.941 bits per heavy atom. The molecule has 3 nitrogen and oxygen atoms in total. The van der Waals surface area contributed by atoms with E-state index in [1.165, 1.54) is 84.0 Å². The zero-order chi connectivity index (χ0) is 27.3. The number of hydrogen-bond donors (Lipinski definition) is 3. The molecule has 3 heteroatoms. The summed E-state index contributed by atoms with van der Waals surface area (Å²) < 4.78 is 0. The lowest BCUT2D eigenvalue weighted by atomic mass is 9.94. The third kappa shape index (κ3) is 63.5. The van der Waals surface area contributed by atoms with Crippen molar-refractivity contribution in [2.75, 3.05) is 32.7 Å². The number of piperidine rings is 1. The molecule has 0 atom stereocenters. The topological polar surface area (TPSA) is 50.1 Å². The van der Waals surface area contributed by atoms with Crippen LogP contribution in [0.2, 0.25) is 0 Å². The molecule has 0 amide bonds. The van der Waals surface area contributed by atoms with Crippen LogP contribution in [0.4, 0.5) is 0 Å². The smallest absolute Gasteiger partial charge is 0.00484 e. The van der Waals surface area contributed by atoms with Gasteiger partial charge in [-0.2, -0.15) is 0 Å². The Labute approximate surface area is 219 Å². The molecule has 2 saturated heterocycles. The first kappa shape index (κ1) is 41.0. The molecule has 2 fully saturated rings. The summed E-state index contributed by atoms with van der Waals surface area (Å²) in [6, 6.07) is 0. The molecule has 0 aromatic heterocycles. The maximum Gasteiger partial charge on any atom is -0.00484 e. The lowest BCUT2D eigenvalue weighted by Gasteiger charge is -2.12. The van der Waals surface area contributed by atoms with Gasteiger partial charge in [-0.25, -0.2) is 0 Å². The van der Waals surface area contributed by atoms with Gasteiger partial charge in [0.05, 0.1) is 0 Å². The van der Waals surface area contributed by atoms with Crippen LogP contribution in [0.15, 0.2) is 0 Å². The van der Waals surface area contributed by atoms with Crippen molar-refractivity contribution in [3.63, 3.8) is 0 Å². The Hall–Kier alpha value is -0.120. The van der Waals surface area contributed by atoms with E-state index >= 15 is 0 Å². The highest BCUT2D eigenvalue weighted by Gasteiger charge is 2.03. The van der Waals surface area contributed by atoms with Crippen molar-refractivity contribution >= 4 is 0 Å². The minimum Gasteiger partial charge on any atom is -0.330 e. The van der Waals surface area contributed by atoms with Gasteiger partial charge in [0, 0.05) is 0 Å². The fourth-order valence-electron chi connectivity index (χ4n) is 2.34. The average Bonchev–Trinajstić information content (AvgIpc) is 3.36. The maximum atomic E-state index is 5.23. The van der Waals surface area contributed by atoms with E-state index in [2.05, 4.69) is 93.7 Å². The molecular weight excluding hydrogens is 414 g/mol. The molecule has 212 valence electrons. The van der Waals surface area contributed by atoms with Crippen molar-refractivity contribution in [3.8, 4) is 0 Å². The van der Waals surface area contributed by atoms with Gasteiger partial charge in [-0.05, 0) is 88.0 Å². The third-order valence-electron chi connectivity index (χ3n) is 5.65. The zero-order valence-corrected chi connectivity index (χ0v) is 26.4. The quantitative estimate of drug-likeness (QED) is 0.362. The van der Waals surface area contributed by atoms with Gasteiger partial charge in [0.25, 0.3) is 0 Å². The predicted octanol–water partition coefficient (Wildman–Crippen LogP) is 9.06. The molecule has 2 aliphatic rings. The first-order chi connectivity index (χ1) is 15.9. The van der Waals surface area contributed by atoms with Crippen molar-refractivity contribution in [1.29, 1.82) is 0 Å². The Kier molecular flexibility index (Phi) is 39.7. The van der Waals surface area contributed by atoms with Crippen LogP contribution in [0.3, 0.4) is 0 Å². The fourth-order valence-corrected chi connectivity index (χ4v) is 2.34. The lowest BCUT2D eigenvalue weighted by molar-refractivity contribution is 0.398. The largest absolute Gasteiger partial charge is 0.330 e. The predicted molar refractivity (Wildman–Crippen MR) is 162 cm³/mol. The standard InChI is InChI=1S/2C6H14.C5H11N.C5H13N.C5H12.C4H9N/c1-5-6(2,3)4;1-4-5-6(2)3;1-2-4-6-5-3-1;1-5(2)3-4-6;1-4-5(2)3;1-2-4-5-3-1/h5H2,1-4H3;6H,4-5H2,1-3H3;6H,1-5H2;5H,3-4,6H2,1-2H3;5H,4H2,1-3H3;5H,1-4H2. The van der Waals surface area contributed by atoms with E-state index in [1.54, 1.807) is 0 Å². The Bertz CT molecular complexity index is 282. The molecule has 0 spiro atoms. The van der Waals surface area contributed by atoms with E-state index in [1.807, 2.05) is 0 Å². The second-order valence-corrected chi connectivity index (χ2v) is 12.1. The first-order valence-electron chi connectivity index (χ1n) is 15.0. The van der Waals surface area contributed by atoms with Gasteiger partial charge in [-0.15, -0.1) is 0 Å². The highest BCUT2D eigenvalue weighted by atomic mass is 14.9. The number of nitrogens with one attached hydrogen (secondary N) is 2. The van der Waals surface area contributed by atoms with Crippen molar-refractivity contribution in [2.24, 2.45) is 28.9 Å². The summed E-state index contributed by atoms with van der Waals surface area (Å²) >= 11 is 0. The van der Waals surface area contributed by atoms with Crippen LogP contribution >= 0.6 is 0 Å². The second-order valence-electron chi connectivity index (χ2n) is 12.1. The Morgan fingerprint density at radius 1 is 0.618 bits per heavy atom. The van der Waals surface area contributed by atoms with Crippen LogP contribution in [0.25, 0.3) is 0 Å². The summed E-state index contributed by atoms with van der Waals surface area (Å²) in [4.78, 5) is 0. The molecule has 0 bridgehead atoms. The van der Waals surface area contributed by atoms with Gasteiger partial charge in [-0.3, -0.25) is 0 Å². The first-order valence-corrected chi connectivity index (χ1v) is 15.0.